The van der Waals surface area contributed by atoms with Gasteiger partial charge in [-0.05, 0) is 83.5 Å². The summed E-state index contributed by atoms with van der Waals surface area (Å²) < 4.78 is 5.51. The minimum Gasteiger partial charge on any atom is -0.466 e. The number of carbonyl (C=O) groups excluding carboxylic acids is 2. The van der Waals surface area contributed by atoms with Crippen LogP contribution in [0.25, 0.3) is 0 Å². The Bertz CT molecular complexity index is 1440. The van der Waals surface area contributed by atoms with Crippen LogP contribution in [-0.4, -0.2) is 47.4 Å². The highest BCUT2D eigenvalue weighted by molar-refractivity contribution is 5.76. The summed E-state index contributed by atoms with van der Waals surface area (Å²) in [5, 5.41) is 23.3. The molecule has 89 heavy (non-hydrogen) atoms. The number of unbranched alkanes of at least 4 members (excludes halogenated alkanes) is 62. The van der Waals surface area contributed by atoms with Crippen molar-refractivity contribution in [2.24, 2.45) is 0 Å². The minimum absolute atomic E-state index is 0.0142. The van der Waals surface area contributed by atoms with E-state index < -0.39 is 12.1 Å². The van der Waals surface area contributed by atoms with E-state index in [1.807, 2.05) is 6.08 Å². The number of ether oxygens (including phenoxy) is 1. The van der Waals surface area contributed by atoms with Crippen LogP contribution in [0.2, 0.25) is 0 Å². The Kier molecular flexibility index (Phi) is 76.8. The molecule has 0 aromatic heterocycles. The van der Waals surface area contributed by atoms with E-state index in [1.165, 1.54) is 385 Å². The first-order valence-corrected chi connectivity index (χ1v) is 40.8. The van der Waals surface area contributed by atoms with Crippen molar-refractivity contribution in [1.29, 1.82) is 0 Å². The Balaban J connectivity index is 3.39. The van der Waals surface area contributed by atoms with Crippen LogP contribution in [-0.2, 0) is 14.3 Å². The van der Waals surface area contributed by atoms with Crippen molar-refractivity contribution < 1.29 is 24.5 Å². The Morgan fingerprint density at radius 2 is 0.528 bits per heavy atom. The molecule has 0 heterocycles. The topological polar surface area (TPSA) is 95.9 Å². The molecule has 0 aliphatic carbocycles. The maximum atomic E-state index is 12.6. The quantitative estimate of drug-likeness (QED) is 0.0320. The Labute approximate surface area is 557 Å². The van der Waals surface area contributed by atoms with Gasteiger partial charge in [0.1, 0.15) is 0 Å². The van der Waals surface area contributed by atoms with Crippen LogP contribution in [0.5, 0.6) is 0 Å². The van der Waals surface area contributed by atoms with E-state index in [4.69, 9.17) is 4.74 Å². The first-order chi connectivity index (χ1) is 44.0. The van der Waals surface area contributed by atoms with Crippen molar-refractivity contribution in [3.63, 3.8) is 0 Å². The summed E-state index contributed by atoms with van der Waals surface area (Å²) in [4.78, 5) is 24.7. The number of amides is 1. The fourth-order valence-electron chi connectivity index (χ4n) is 12.9. The zero-order valence-electron chi connectivity index (χ0n) is 60.4. The highest BCUT2D eigenvalue weighted by Crippen LogP contribution is 2.20. The summed E-state index contributed by atoms with van der Waals surface area (Å²) in [6, 6.07) is -0.629. The van der Waals surface area contributed by atoms with Crippen LogP contribution in [0, 0.1) is 0 Å². The third-order valence-corrected chi connectivity index (χ3v) is 19.1. The van der Waals surface area contributed by atoms with Crippen molar-refractivity contribution in [2.45, 2.75) is 469 Å². The van der Waals surface area contributed by atoms with Crippen molar-refractivity contribution >= 4 is 11.9 Å². The van der Waals surface area contributed by atoms with E-state index in [2.05, 4.69) is 43.5 Å². The number of carbonyl (C=O) groups is 2. The first-order valence-electron chi connectivity index (χ1n) is 40.8. The van der Waals surface area contributed by atoms with E-state index >= 15 is 0 Å². The minimum atomic E-state index is -0.846. The molecular weight excluding hydrogens is 1090 g/mol. The van der Waals surface area contributed by atoms with E-state index in [0.29, 0.717) is 19.4 Å². The number of nitrogens with one attached hydrogen (secondary N) is 1. The monoisotopic (exact) mass is 1250 g/mol. The normalized spacial score (nSPS) is 12.6. The molecule has 0 aliphatic rings. The molecule has 0 fully saturated rings. The van der Waals surface area contributed by atoms with Gasteiger partial charge in [-0.2, -0.15) is 0 Å². The Hall–Kier alpha value is -1.92. The van der Waals surface area contributed by atoms with Gasteiger partial charge in [-0.3, -0.25) is 9.59 Å². The van der Waals surface area contributed by atoms with Gasteiger partial charge < -0.3 is 20.3 Å². The number of aliphatic hydroxyl groups is 2. The Morgan fingerprint density at radius 3 is 0.798 bits per heavy atom. The second-order valence-corrected chi connectivity index (χ2v) is 28.1. The lowest BCUT2D eigenvalue weighted by atomic mass is 10.0. The molecule has 3 N–H and O–H groups in total. The fraction of sp³-hybridized carbons (Fsp3) is 0.904. The van der Waals surface area contributed by atoms with Crippen LogP contribution >= 0.6 is 0 Å². The van der Waals surface area contributed by atoms with Crippen LogP contribution in [0.4, 0.5) is 0 Å². The van der Waals surface area contributed by atoms with Crippen molar-refractivity contribution in [3.8, 4) is 0 Å². The first kappa shape index (κ1) is 87.1. The summed E-state index contributed by atoms with van der Waals surface area (Å²) in [7, 11) is 0. The molecular formula is C83H159NO5. The van der Waals surface area contributed by atoms with Crippen LogP contribution < -0.4 is 5.32 Å². The zero-order chi connectivity index (χ0) is 64.2. The lowest BCUT2D eigenvalue weighted by Crippen LogP contribution is -2.45. The number of rotatable bonds is 77. The molecule has 0 aromatic rings. The zero-order valence-corrected chi connectivity index (χ0v) is 60.4. The highest BCUT2D eigenvalue weighted by atomic mass is 16.5. The largest absolute Gasteiger partial charge is 0.466 e. The average Bonchev–Trinajstić information content (AvgIpc) is 3.63. The van der Waals surface area contributed by atoms with Crippen LogP contribution in [0.1, 0.15) is 457 Å². The van der Waals surface area contributed by atoms with Gasteiger partial charge in [0.25, 0.3) is 0 Å². The summed E-state index contributed by atoms with van der Waals surface area (Å²) in [6.07, 6.45) is 103. The number of hydrogen-bond acceptors (Lipinski definition) is 5. The average molecular weight is 1250 g/mol. The smallest absolute Gasteiger partial charge is 0.305 e. The molecule has 0 radical (unpaired) electrons. The molecule has 0 saturated carbocycles. The van der Waals surface area contributed by atoms with E-state index in [0.717, 1.165) is 44.9 Å². The van der Waals surface area contributed by atoms with Gasteiger partial charge in [-0.1, -0.05) is 397 Å². The van der Waals surface area contributed by atoms with Gasteiger partial charge in [0.15, 0.2) is 0 Å². The van der Waals surface area contributed by atoms with E-state index in [1.54, 1.807) is 6.08 Å². The highest BCUT2D eigenvalue weighted by Gasteiger charge is 2.18. The lowest BCUT2D eigenvalue weighted by molar-refractivity contribution is -0.143. The molecule has 526 valence electrons. The van der Waals surface area contributed by atoms with E-state index in [-0.39, 0.29) is 18.5 Å². The standard InChI is InChI=1S/C83H159NO5/c1-3-5-7-9-11-13-15-17-19-21-23-24-25-31-34-37-40-43-47-51-55-59-63-67-71-75-81(86)80(79-85)84-82(87)76-72-68-64-60-56-52-48-44-41-38-35-32-29-27-26-28-30-33-36-39-42-46-50-54-58-62-66-70-74-78-89-83(88)77-73-69-65-61-57-53-49-45-22-20-18-16-14-12-10-8-6-4-2/h20,22,26,28,71,75,80-81,85-86H,3-19,21,23-25,27,29-70,72-74,76-79H2,1-2H3,(H,84,87)/b22-20-,28-26-,75-71+. The van der Waals surface area contributed by atoms with Gasteiger partial charge in [-0.15, -0.1) is 0 Å². The number of allylic oxidation sites excluding steroid dienone is 5. The molecule has 2 atom stereocenters. The number of esters is 1. The molecule has 0 aliphatic heterocycles. The molecule has 0 spiro atoms. The third kappa shape index (κ3) is 75.0. The van der Waals surface area contributed by atoms with Gasteiger partial charge in [0.2, 0.25) is 5.91 Å². The molecule has 0 bridgehead atoms. The molecule has 0 rings (SSSR count). The second-order valence-electron chi connectivity index (χ2n) is 28.1. The van der Waals surface area contributed by atoms with Gasteiger partial charge in [0.05, 0.1) is 25.4 Å². The predicted molar refractivity (Wildman–Crippen MR) is 393 cm³/mol. The maximum absolute atomic E-state index is 12.6. The predicted octanol–water partition coefficient (Wildman–Crippen LogP) is 27.0. The molecule has 0 saturated heterocycles. The third-order valence-electron chi connectivity index (χ3n) is 19.1. The summed E-state index contributed by atoms with van der Waals surface area (Å²) in [5.41, 5.74) is 0. The fourth-order valence-corrected chi connectivity index (χ4v) is 12.9. The molecule has 0 aromatic carbocycles. The van der Waals surface area contributed by atoms with Gasteiger partial charge in [0, 0.05) is 12.8 Å². The molecule has 1 amide bonds. The van der Waals surface area contributed by atoms with Crippen molar-refractivity contribution in [1.82, 2.24) is 5.32 Å². The summed E-state index contributed by atoms with van der Waals surface area (Å²) in [5.74, 6) is -0.0478. The SMILES string of the molecule is CCCCCCCCC/C=C\CCCCCCCCCC(=O)OCCCCCCCCCCCCCC/C=C\CCCCCCCCCCCCCCCC(=O)NC(CO)C(O)/C=C/CCCCCCCCCCCCCCCCCCCCCCCCC. The summed E-state index contributed by atoms with van der Waals surface area (Å²) in [6.45, 7) is 4.95. The molecule has 6 nitrogen and oxygen atoms in total. The van der Waals surface area contributed by atoms with Crippen LogP contribution in [0.3, 0.4) is 0 Å². The van der Waals surface area contributed by atoms with Gasteiger partial charge >= 0.3 is 5.97 Å². The number of aliphatic hydroxyl groups excluding tert-OH is 2. The van der Waals surface area contributed by atoms with Gasteiger partial charge in [-0.25, -0.2) is 0 Å². The van der Waals surface area contributed by atoms with Crippen molar-refractivity contribution in [3.05, 3.63) is 36.5 Å². The molecule has 2 unspecified atom stereocenters. The molecule has 6 heteroatoms. The number of hydrogen-bond donors (Lipinski definition) is 3. The lowest BCUT2D eigenvalue weighted by Gasteiger charge is -2.20. The Morgan fingerprint density at radius 1 is 0.303 bits per heavy atom. The second kappa shape index (κ2) is 78.5. The van der Waals surface area contributed by atoms with Crippen LogP contribution in [0.15, 0.2) is 36.5 Å². The summed E-state index contributed by atoms with van der Waals surface area (Å²) >= 11 is 0. The maximum Gasteiger partial charge on any atom is 0.305 e. The van der Waals surface area contributed by atoms with E-state index in [9.17, 15) is 19.8 Å². The van der Waals surface area contributed by atoms with Crippen molar-refractivity contribution in [2.75, 3.05) is 13.2 Å².